The van der Waals surface area contributed by atoms with Gasteiger partial charge in [-0.15, -0.1) is 0 Å². The van der Waals surface area contributed by atoms with Gasteiger partial charge in [-0.05, 0) is 24.8 Å². The van der Waals surface area contributed by atoms with Crippen LogP contribution in [-0.4, -0.2) is 23.9 Å². The van der Waals surface area contributed by atoms with Crippen molar-refractivity contribution in [2.45, 2.75) is 31.5 Å². The minimum Gasteiger partial charge on any atom is -0.396 e. The molecule has 2 heteroatoms. The van der Waals surface area contributed by atoms with E-state index in [0.717, 1.165) is 12.8 Å². The normalized spacial score (nSPS) is 24.6. The fraction of sp³-hybridized carbons (Fsp3) is 0.375. The van der Waals surface area contributed by atoms with Crippen molar-refractivity contribution in [1.82, 2.24) is 0 Å². The molecule has 1 fully saturated rings. The second-order valence-electron chi connectivity index (χ2n) is 4.74. The Bertz CT molecular complexity index is 408. The van der Waals surface area contributed by atoms with E-state index in [4.69, 9.17) is 9.84 Å². The molecular weight excluding hydrogens is 224 g/mol. The molecule has 96 valence electrons. The third-order valence-corrected chi connectivity index (χ3v) is 3.13. The number of rotatable bonds is 4. The lowest BCUT2D eigenvalue weighted by Crippen LogP contribution is -2.28. The van der Waals surface area contributed by atoms with E-state index in [0.29, 0.717) is 6.42 Å². The predicted octanol–water partition coefficient (Wildman–Crippen LogP) is 3.19. The number of aliphatic hydroxyl groups excluding tert-OH is 1. The van der Waals surface area contributed by atoms with Crippen molar-refractivity contribution in [2.24, 2.45) is 0 Å². The van der Waals surface area contributed by atoms with Crippen LogP contribution in [0, 0.1) is 0 Å². The van der Waals surface area contributed by atoms with Crippen LogP contribution in [0.5, 0.6) is 0 Å². The number of hydrogen-bond donors (Lipinski definition) is 1. The lowest BCUT2D eigenvalue weighted by atomic mass is 9.97. The Balaban J connectivity index is 1.96. The third kappa shape index (κ3) is 3.83. The Morgan fingerprint density at radius 2 is 2.06 bits per heavy atom. The van der Waals surface area contributed by atoms with Crippen molar-refractivity contribution < 1.29 is 9.84 Å². The summed E-state index contributed by atoms with van der Waals surface area (Å²) in [7, 11) is 0. The molecule has 1 heterocycles. The molecule has 1 saturated heterocycles. The van der Waals surface area contributed by atoms with Crippen molar-refractivity contribution >= 4 is 6.08 Å². The lowest BCUT2D eigenvalue weighted by molar-refractivity contribution is -0.0170. The molecule has 1 aliphatic heterocycles. The molecule has 2 nitrogen and oxygen atoms in total. The summed E-state index contributed by atoms with van der Waals surface area (Å²) < 4.78 is 5.91. The molecule has 0 saturated carbocycles. The van der Waals surface area contributed by atoms with Gasteiger partial charge < -0.3 is 9.84 Å². The van der Waals surface area contributed by atoms with E-state index in [9.17, 15) is 0 Å². The first-order valence-electron chi connectivity index (χ1n) is 6.44. The Morgan fingerprint density at radius 3 is 2.78 bits per heavy atom. The van der Waals surface area contributed by atoms with E-state index < -0.39 is 0 Å². The number of ether oxygens (including phenoxy) is 1. The van der Waals surface area contributed by atoms with Crippen molar-refractivity contribution in [2.75, 3.05) is 6.61 Å². The molecule has 0 radical (unpaired) electrons. The van der Waals surface area contributed by atoms with Gasteiger partial charge in [0.2, 0.25) is 0 Å². The van der Waals surface area contributed by atoms with Gasteiger partial charge in [-0.2, -0.15) is 0 Å². The minimum absolute atomic E-state index is 0.0861. The van der Waals surface area contributed by atoms with E-state index in [1.165, 1.54) is 11.1 Å². The number of hydrogen-bond acceptors (Lipinski definition) is 2. The van der Waals surface area contributed by atoms with Crippen molar-refractivity contribution in [3.63, 3.8) is 0 Å². The van der Waals surface area contributed by atoms with Crippen LogP contribution in [-0.2, 0) is 4.74 Å². The fourth-order valence-corrected chi connectivity index (χ4v) is 2.24. The summed E-state index contributed by atoms with van der Waals surface area (Å²) in [6.45, 7) is 4.23. The molecule has 0 aliphatic carbocycles. The van der Waals surface area contributed by atoms with E-state index >= 15 is 0 Å². The molecule has 1 aromatic carbocycles. The van der Waals surface area contributed by atoms with Crippen LogP contribution >= 0.6 is 0 Å². The van der Waals surface area contributed by atoms with Gasteiger partial charge >= 0.3 is 0 Å². The molecule has 18 heavy (non-hydrogen) atoms. The highest BCUT2D eigenvalue weighted by Gasteiger charge is 2.22. The van der Waals surface area contributed by atoms with Crippen LogP contribution in [0.4, 0.5) is 0 Å². The maximum atomic E-state index is 8.97. The molecule has 1 aromatic rings. The van der Waals surface area contributed by atoms with Crippen molar-refractivity contribution in [3.05, 3.63) is 54.1 Å². The van der Waals surface area contributed by atoms with Crippen LogP contribution in [0.3, 0.4) is 0 Å². The Hall–Kier alpha value is -1.38. The third-order valence-electron chi connectivity index (χ3n) is 3.13. The van der Waals surface area contributed by atoms with Crippen molar-refractivity contribution in [3.8, 4) is 0 Å². The second-order valence-corrected chi connectivity index (χ2v) is 4.74. The van der Waals surface area contributed by atoms with Gasteiger partial charge in [0.25, 0.3) is 0 Å². The summed E-state index contributed by atoms with van der Waals surface area (Å²) in [6, 6.07) is 10.2. The highest BCUT2D eigenvalue weighted by molar-refractivity contribution is 5.49. The molecule has 1 N–H and O–H groups in total. The summed E-state index contributed by atoms with van der Waals surface area (Å²) in [5.41, 5.74) is 2.39. The largest absolute Gasteiger partial charge is 0.396 e. The average Bonchev–Trinajstić information content (AvgIpc) is 2.37. The maximum absolute atomic E-state index is 8.97. The van der Waals surface area contributed by atoms with E-state index in [1.54, 1.807) is 0 Å². The summed E-state index contributed by atoms with van der Waals surface area (Å²) in [4.78, 5) is 0. The zero-order valence-corrected chi connectivity index (χ0v) is 10.6. The van der Waals surface area contributed by atoms with Crippen LogP contribution in [0.2, 0.25) is 0 Å². The van der Waals surface area contributed by atoms with Gasteiger partial charge in [0.1, 0.15) is 0 Å². The highest BCUT2D eigenvalue weighted by Crippen LogP contribution is 2.25. The second kappa shape index (κ2) is 6.53. The van der Waals surface area contributed by atoms with E-state index in [1.807, 2.05) is 18.2 Å². The summed E-state index contributed by atoms with van der Waals surface area (Å²) in [5.74, 6) is 0. The number of aliphatic hydroxyl groups is 1. The SMILES string of the molecule is C=C1C[C@H](CCO)O[C@H](/C=C/c2ccccc2)C1. The quantitative estimate of drug-likeness (QED) is 0.824. The van der Waals surface area contributed by atoms with Gasteiger partial charge in [-0.3, -0.25) is 0 Å². The molecule has 1 aliphatic rings. The van der Waals surface area contributed by atoms with Crippen molar-refractivity contribution in [1.29, 1.82) is 0 Å². The first kappa shape index (κ1) is 13.1. The maximum Gasteiger partial charge on any atom is 0.0799 e. The predicted molar refractivity (Wildman–Crippen MR) is 74.2 cm³/mol. The van der Waals surface area contributed by atoms with Crippen LogP contribution < -0.4 is 0 Å². The molecule has 0 unspecified atom stereocenters. The Morgan fingerprint density at radius 1 is 1.28 bits per heavy atom. The molecule has 2 rings (SSSR count). The van der Waals surface area contributed by atoms with Crippen LogP contribution in [0.25, 0.3) is 6.08 Å². The minimum atomic E-state index is 0.0861. The lowest BCUT2D eigenvalue weighted by Gasteiger charge is -2.29. The van der Waals surface area contributed by atoms with Gasteiger partial charge in [-0.25, -0.2) is 0 Å². The monoisotopic (exact) mass is 244 g/mol. The van der Waals surface area contributed by atoms with Gasteiger partial charge in [0.15, 0.2) is 0 Å². The molecule has 2 atom stereocenters. The topological polar surface area (TPSA) is 29.5 Å². The first-order valence-corrected chi connectivity index (χ1v) is 6.44. The van der Waals surface area contributed by atoms with Gasteiger partial charge in [-0.1, -0.05) is 54.6 Å². The Labute approximate surface area is 109 Å². The highest BCUT2D eigenvalue weighted by atomic mass is 16.5. The standard InChI is InChI=1S/C16H20O2/c1-13-11-15(18-16(12-13)9-10-17)8-7-14-5-3-2-4-6-14/h2-8,15-17H,1,9-12H2/b8-7+/t15-,16+/m1/s1. The molecular formula is C16H20O2. The molecule has 0 spiro atoms. The fourth-order valence-electron chi connectivity index (χ4n) is 2.24. The number of benzene rings is 1. The smallest absolute Gasteiger partial charge is 0.0799 e. The molecule has 0 bridgehead atoms. The average molecular weight is 244 g/mol. The van der Waals surface area contributed by atoms with E-state index in [2.05, 4.69) is 30.9 Å². The van der Waals surface area contributed by atoms with E-state index in [-0.39, 0.29) is 18.8 Å². The molecule has 0 amide bonds. The zero-order chi connectivity index (χ0) is 12.8. The summed E-state index contributed by atoms with van der Waals surface area (Å²) in [5, 5.41) is 8.97. The zero-order valence-electron chi connectivity index (χ0n) is 10.6. The molecule has 0 aromatic heterocycles. The van der Waals surface area contributed by atoms with Crippen LogP contribution in [0.1, 0.15) is 24.8 Å². The van der Waals surface area contributed by atoms with Gasteiger partial charge in [0, 0.05) is 6.61 Å². The van der Waals surface area contributed by atoms with Crippen LogP contribution in [0.15, 0.2) is 48.6 Å². The summed E-state index contributed by atoms with van der Waals surface area (Å²) in [6.07, 6.45) is 6.81. The summed E-state index contributed by atoms with van der Waals surface area (Å²) >= 11 is 0. The Kier molecular flexibility index (Phi) is 4.73. The van der Waals surface area contributed by atoms with Gasteiger partial charge in [0.05, 0.1) is 12.2 Å². The first-order chi connectivity index (χ1) is 8.78.